The second-order valence-electron chi connectivity index (χ2n) is 4.77. The second-order valence-corrected chi connectivity index (χ2v) is 7.22. The zero-order chi connectivity index (χ0) is 17.8. The largest absolute Gasteiger partial charge is 0.490 e. The van der Waals surface area contributed by atoms with E-state index in [0.29, 0.717) is 0 Å². The van der Waals surface area contributed by atoms with Gasteiger partial charge in [-0.3, -0.25) is 19.5 Å². The fourth-order valence-corrected chi connectivity index (χ4v) is 3.33. The minimum absolute atomic E-state index is 0.0633. The van der Waals surface area contributed by atoms with E-state index in [2.05, 4.69) is 0 Å². The molecule has 0 aliphatic heterocycles. The van der Waals surface area contributed by atoms with Crippen molar-refractivity contribution in [2.45, 2.75) is 18.3 Å². The number of nitrogens with zero attached hydrogens (tertiary/aromatic N) is 1. The van der Waals surface area contributed by atoms with Crippen LogP contribution in [-0.4, -0.2) is 45.3 Å². The summed E-state index contributed by atoms with van der Waals surface area (Å²) in [5, 5.41) is 29.6. The number of nitro groups is 1. The third-order valence-corrected chi connectivity index (χ3v) is 5.12. The highest BCUT2D eigenvalue weighted by Gasteiger charge is 2.33. The Hall–Kier alpha value is -2.00. The van der Waals surface area contributed by atoms with Crippen LogP contribution < -0.4 is 10.5 Å². The first-order valence-electron chi connectivity index (χ1n) is 6.40. The van der Waals surface area contributed by atoms with Gasteiger partial charge in [-0.25, -0.2) is 0 Å². The van der Waals surface area contributed by atoms with Crippen LogP contribution in [0, 0.1) is 10.1 Å². The highest BCUT2D eigenvalue weighted by molar-refractivity contribution is 7.58. The van der Waals surface area contributed by atoms with E-state index in [1.165, 1.54) is 19.2 Å². The molecule has 0 aliphatic rings. The van der Waals surface area contributed by atoms with Gasteiger partial charge in [0, 0.05) is 12.2 Å². The standard InChI is InChI=1S/C12H17N2O8P/c1-22-10-3-2-7(6-9(10)14(18)19)12(17)23(20,21)5-4-8(13)11(15)16/h2-3,6,8,12,17H,4-5,13H2,1H3,(H,15,16)(H,20,21)/t8-,12+/m0/s1. The lowest BCUT2D eigenvalue weighted by atomic mass is 10.2. The molecule has 0 spiro atoms. The molecule has 5 N–H and O–H groups in total. The second kappa shape index (κ2) is 7.51. The fraction of sp³-hybridized carbons (Fsp3) is 0.417. The molecule has 0 heterocycles. The summed E-state index contributed by atoms with van der Waals surface area (Å²) in [5.41, 5.74) is 4.63. The molecule has 0 bridgehead atoms. The number of aliphatic hydroxyl groups excluding tert-OH is 1. The summed E-state index contributed by atoms with van der Waals surface area (Å²) >= 11 is 0. The van der Waals surface area contributed by atoms with Crippen LogP contribution in [0.4, 0.5) is 5.69 Å². The Morgan fingerprint density at radius 3 is 2.61 bits per heavy atom. The van der Waals surface area contributed by atoms with E-state index in [1.54, 1.807) is 0 Å². The van der Waals surface area contributed by atoms with E-state index in [0.717, 1.165) is 6.07 Å². The molecular weight excluding hydrogens is 331 g/mol. The Morgan fingerprint density at radius 1 is 1.52 bits per heavy atom. The average Bonchev–Trinajstić information content (AvgIpc) is 2.50. The maximum atomic E-state index is 12.1. The van der Waals surface area contributed by atoms with Crippen molar-refractivity contribution in [2.75, 3.05) is 13.3 Å². The highest BCUT2D eigenvalue weighted by atomic mass is 31.2. The summed E-state index contributed by atoms with van der Waals surface area (Å²) < 4.78 is 16.9. The van der Waals surface area contributed by atoms with Crippen molar-refractivity contribution in [2.24, 2.45) is 5.73 Å². The van der Waals surface area contributed by atoms with Gasteiger partial charge in [-0.1, -0.05) is 6.07 Å². The summed E-state index contributed by atoms with van der Waals surface area (Å²) in [5.74, 6) is -3.29. The molecule has 0 saturated heterocycles. The van der Waals surface area contributed by atoms with Crippen LogP contribution in [0.25, 0.3) is 0 Å². The smallest absolute Gasteiger partial charge is 0.320 e. The Bertz CT molecular complexity index is 650. The van der Waals surface area contributed by atoms with E-state index in [-0.39, 0.29) is 17.7 Å². The number of aliphatic hydroxyl groups is 1. The van der Waals surface area contributed by atoms with Crippen LogP contribution in [0.1, 0.15) is 17.8 Å². The lowest BCUT2D eigenvalue weighted by molar-refractivity contribution is -0.385. The topological polar surface area (TPSA) is 173 Å². The Morgan fingerprint density at radius 2 is 2.13 bits per heavy atom. The number of hydrogen-bond acceptors (Lipinski definition) is 7. The lowest BCUT2D eigenvalue weighted by Gasteiger charge is -2.19. The molecular formula is C12H17N2O8P. The van der Waals surface area contributed by atoms with Crippen molar-refractivity contribution in [3.05, 3.63) is 33.9 Å². The minimum Gasteiger partial charge on any atom is -0.490 e. The van der Waals surface area contributed by atoms with Gasteiger partial charge in [0.15, 0.2) is 11.6 Å². The van der Waals surface area contributed by atoms with Gasteiger partial charge in [-0.05, 0) is 18.1 Å². The summed E-state index contributed by atoms with van der Waals surface area (Å²) in [7, 11) is -3.00. The number of carboxylic acid groups (broad SMARTS) is 1. The summed E-state index contributed by atoms with van der Waals surface area (Å²) in [6.07, 6.45) is -0.861. The van der Waals surface area contributed by atoms with Crippen LogP contribution in [0.2, 0.25) is 0 Å². The first-order chi connectivity index (χ1) is 10.6. The number of ether oxygens (including phenoxy) is 1. The molecule has 1 unspecified atom stereocenters. The Balaban J connectivity index is 3.01. The zero-order valence-electron chi connectivity index (χ0n) is 12.2. The Labute approximate surface area is 131 Å². The number of benzene rings is 1. The molecule has 23 heavy (non-hydrogen) atoms. The van der Waals surface area contributed by atoms with Crippen molar-refractivity contribution in [3.8, 4) is 5.75 Å². The van der Waals surface area contributed by atoms with Crippen LogP contribution >= 0.6 is 7.37 Å². The number of carbonyl (C=O) groups is 1. The van der Waals surface area contributed by atoms with E-state index in [1.807, 2.05) is 0 Å². The minimum atomic E-state index is -4.22. The molecule has 128 valence electrons. The van der Waals surface area contributed by atoms with E-state index in [9.17, 15) is 29.5 Å². The normalized spacial score (nSPS) is 16.2. The SMILES string of the molecule is COc1ccc([C@H](O)P(=O)(O)CC[C@H](N)C(=O)O)cc1[N+](=O)[O-]. The van der Waals surface area contributed by atoms with Crippen LogP contribution in [-0.2, 0) is 9.36 Å². The highest BCUT2D eigenvalue weighted by Crippen LogP contribution is 2.55. The molecule has 0 amide bonds. The molecule has 1 aromatic carbocycles. The molecule has 1 rings (SSSR count). The van der Waals surface area contributed by atoms with Gasteiger partial charge in [0.2, 0.25) is 7.37 Å². The number of aliphatic carboxylic acids is 1. The van der Waals surface area contributed by atoms with Crippen molar-refractivity contribution >= 4 is 19.0 Å². The van der Waals surface area contributed by atoms with Gasteiger partial charge in [-0.2, -0.15) is 0 Å². The lowest BCUT2D eigenvalue weighted by Crippen LogP contribution is -2.31. The Kier molecular flexibility index (Phi) is 6.22. The van der Waals surface area contributed by atoms with Crippen molar-refractivity contribution < 1.29 is 34.1 Å². The van der Waals surface area contributed by atoms with Crippen LogP contribution in [0.15, 0.2) is 18.2 Å². The molecule has 0 saturated carbocycles. The maximum absolute atomic E-state index is 12.1. The predicted octanol–water partition coefficient (Wildman–Crippen LogP) is 0.667. The first-order valence-corrected chi connectivity index (χ1v) is 8.32. The third-order valence-electron chi connectivity index (χ3n) is 3.16. The molecule has 1 aromatic rings. The van der Waals surface area contributed by atoms with Gasteiger partial charge >= 0.3 is 11.7 Å². The van der Waals surface area contributed by atoms with Crippen molar-refractivity contribution in [1.82, 2.24) is 0 Å². The molecule has 0 aliphatic carbocycles. The fourth-order valence-electron chi connectivity index (χ4n) is 1.81. The van der Waals surface area contributed by atoms with Gasteiger partial charge < -0.3 is 25.6 Å². The molecule has 10 nitrogen and oxygen atoms in total. The van der Waals surface area contributed by atoms with Gasteiger partial charge in [0.05, 0.1) is 12.0 Å². The summed E-state index contributed by atoms with van der Waals surface area (Å²) in [6, 6.07) is 2.01. The maximum Gasteiger partial charge on any atom is 0.320 e. The van der Waals surface area contributed by atoms with E-state index in [4.69, 9.17) is 15.6 Å². The van der Waals surface area contributed by atoms with E-state index < -0.39 is 42.0 Å². The third kappa shape index (κ3) is 4.73. The van der Waals surface area contributed by atoms with Gasteiger partial charge in [-0.15, -0.1) is 0 Å². The molecule has 0 radical (unpaired) electrons. The quantitative estimate of drug-likeness (QED) is 0.299. The van der Waals surface area contributed by atoms with Crippen LogP contribution in [0.5, 0.6) is 5.75 Å². The summed E-state index contributed by atoms with van der Waals surface area (Å²) in [4.78, 5) is 30.7. The number of nitrogens with two attached hydrogens (primary N) is 1. The van der Waals surface area contributed by atoms with Gasteiger partial charge in [0.1, 0.15) is 6.04 Å². The van der Waals surface area contributed by atoms with E-state index >= 15 is 0 Å². The van der Waals surface area contributed by atoms with Crippen molar-refractivity contribution in [1.29, 1.82) is 0 Å². The zero-order valence-corrected chi connectivity index (χ0v) is 13.1. The summed E-state index contributed by atoms with van der Waals surface area (Å²) in [6.45, 7) is 0. The predicted molar refractivity (Wildman–Crippen MR) is 79.5 cm³/mol. The number of carboxylic acids is 1. The number of rotatable bonds is 8. The number of nitro benzene ring substituents is 1. The monoisotopic (exact) mass is 348 g/mol. The molecule has 3 atom stereocenters. The van der Waals surface area contributed by atoms with Gasteiger partial charge in [0.25, 0.3) is 0 Å². The van der Waals surface area contributed by atoms with Crippen LogP contribution in [0.3, 0.4) is 0 Å². The first kappa shape index (κ1) is 19.0. The molecule has 0 fully saturated rings. The average molecular weight is 348 g/mol. The van der Waals surface area contributed by atoms with Crippen molar-refractivity contribution in [3.63, 3.8) is 0 Å². The molecule has 0 aromatic heterocycles. The number of hydrogen-bond donors (Lipinski definition) is 4. The molecule has 11 heteroatoms. The number of methoxy groups -OCH3 is 1.